The Balaban J connectivity index is 0.00000243. The molecule has 0 aromatic rings. The number of likely N-dealkylation sites (tertiary alicyclic amines) is 1. The van der Waals surface area contributed by atoms with E-state index in [9.17, 15) is 9.59 Å². The summed E-state index contributed by atoms with van der Waals surface area (Å²) < 4.78 is 0. The number of carbonyl (C=O) groups excluding carboxylic acids is 2. The Morgan fingerprint density at radius 1 is 0.923 bits per heavy atom. The molecule has 1 unspecified atom stereocenters. The fraction of sp³-hybridized carbons (Fsp3) is 0.900. The topological polar surface area (TPSA) is 75.4 Å². The molecule has 0 aromatic carbocycles. The minimum absolute atomic E-state index is 0. The van der Waals surface area contributed by atoms with Gasteiger partial charge in [0.2, 0.25) is 11.8 Å². The van der Waals surface area contributed by atoms with E-state index >= 15 is 0 Å². The van der Waals surface area contributed by atoms with Gasteiger partial charge in [0.15, 0.2) is 0 Å². The van der Waals surface area contributed by atoms with Crippen molar-refractivity contribution in [3.63, 3.8) is 0 Å². The van der Waals surface area contributed by atoms with E-state index in [0.29, 0.717) is 18.2 Å². The first kappa shape index (κ1) is 21.5. The van der Waals surface area contributed by atoms with Crippen LogP contribution in [0.4, 0.5) is 0 Å². The van der Waals surface area contributed by atoms with Gasteiger partial charge in [-0.25, -0.2) is 0 Å². The second kappa shape index (κ2) is 10.5. The van der Waals surface area contributed by atoms with E-state index in [0.717, 1.165) is 51.6 Å². The van der Waals surface area contributed by atoms with E-state index in [-0.39, 0.29) is 36.3 Å². The van der Waals surface area contributed by atoms with E-state index in [1.165, 1.54) is 32.1 Å². The lowest BCUT2D eigenvalue weighted by Gasteiger charge is -2.36. The van der Waals surface area contributed by atoms with Crippen molar-refractivity contribution in [1.29, 1.82) is 0 Å². The molecule has 3 aliphatic rings. The van der Waals surface area contributed by atoms with Crippen molar-refractivity contribution < 1.29 is 9.59 Å². The van der Waals surface area contributed by atoms with Crippen molar-refractivity contribution in [1.82, 2.24) is 10.2 Å². The lowest BCUT2D eigenvalue weighted by Crippen LogP contribution is -2.49. The van der Waals surface area contributed by atoms with Gasteiger partial charge >= 0.3 is 0 Å². The Bertz CT molecular complexity index is 460. The van der Waals surface area contributed by atoms with Gasteiger partial charge in [-0.3, -0.25) is 9.59 Å². The lowest BCUT2D eigenvalue weighted by atomic mass is 9.84. The molecule has 2 aliphatic carbocycles. The summed E-state index contributed by atoms with van der Waals surface area (Å²) in [5.74, 6) is 1.25. The second-order valence-corrected chi connectivity index (χ2v) is 8.51. The van der Waals surface area contributed by atoms with Gasteiger partial charge in [-0.1, -0.05) is 19.3 Å². The highest BCUT2D eigenvalue weighted by Crippen LogP contribution is 2.29. The molecule has 2 amide bonds. The van der Waals surface area contributed by atoms with Crippen LogP contribution in [-0.4, -0.2) is 41.9 Å². The lowest BCUT2D eigenvalue weighted by molar-refractivity contribution is -0.137. The molecule has 6 heteroatoms. The normalized spacial score (nSPS) is 30.3. The maximum atomic E-state index is 12.7. The molecule has 5 nitrogen and oxygen atoms in total. The molecule has 0 spiro atoms. The van der Waals surface area contributed by atoms with Crippen LogP contribution in [0.2, 0.25) is 0 Å². The minimum atomic E-state index is 0. The summed E-state index contributed by atoms with van der Waals surface area (Å²) in [6.45, 7) is 1.58. The Hall–Kier alpha value is -0.810. The maximum absolute atomic E-state index is 12.7. The van der Waals surface area contributed by atoms with E-state index in [4.69, 9.17) is 5.73 Å². The Labute approximate surface area is 164 Å². The van der Waals surface area contributed by atoms with Crippen LogP contribution in [0.3, 0.4) is 0 Å². The van der Waals surface area contributed by atoms with Gasteiger partial charge in [-0.15, -0.1) is 12.4 Å². The van der Waals surface area contributed by atoms with Crippen LogP contribution in [0, 0.1) is 11.8 Å². The smallest absolute Gasteiger partial charge is 0.225 e. The Kier molecular flexibility index (Phi) is 8.68. The van der Waals surface area contributed by atoms with Crippen LogP contribution < -0.4 is 11.1 Å². The van der Waals surface area contributed by atoms with Crippen molar-refractivity contribution in [2.24, 2.45) is 17.6 Å². The van der Waals surface area contributed by atoms with Gasteiger partial charge in [0.05, 0.1) is 0 Å². The number of halogens is 1. The molecule has 150 valence electrons. The molecule has 0 aromatic heterocycles. The zero-order valence-electron chi connectivity index (χ0n) is 16.0. The minimum Gasteiger partial charge on any atom is -0.353 e. The Morgan fingerprint density at radius 3 is 2.27 bits per heavy atom. The molecule has 26 heavy (non-hydrogen) atoms. The van der Waals surface area contributed by atoms with Crippen molar-refractivity contribution in [3.8, 4) is 0 Å². The number of hydrogen-bond acceptors (Lipinski definition) is 3. The second-order valence-electron chi connectivity index (χ2n) is 8.51. The van der Waals surface area contributed by atoms with Crippen LogP contribution >= 0.6 is 12.4 Å². The summed E-state index contributed by atoms with van der Waals surface area (Å²) >= 11 is 0. The predicted molar refractivity (Wildman–Crippen MR) is 106 cm³/mol. The number of piperidine rings is 1. The van der Waals surface area contributed by atoms with Gasteiger partial charge in [-0.05, 0) is 57.3 Å². The number of amides is 2. The maximum Gasteiger partial charge on any atom is 0.225 e. The molecule has 3 rings (SSSR count). The summed E-state index contributed by atoms with van der Waals surface area (Å²) in [7, 11) is 0. The number of rotatable bonds is 4. The Morgan fingerprint density at radius 2 is 1.62 bits per heavy atom. The summed E-state index contributed by atoms with van der Waals surface area (Å²) in [6, 6.07) is 0.414. The van der Waals surface area contributed by atoms with Crippen LogP contribution in [0.15, 0.2) is 0 Å². The van der Waals surface area contributed by atoms with Gasteiger partial charge in [0.25, 0.3) is 0 Å². The van der Waals surface area contributed by atoms with E-state index in [1.54, 1.807) is 0 Å². The summed E-state index contributed by atoms with van der Waals surface area (Å²) in [4.78, 5) is 26.9. The fourth-order valence-electron chi connectivity index (χ4n) is 4.89. The van der Waals surface area contributed by atoms with Crippen LogP contribution in [0.5, 0.6) is 0 Å². The third kappa shape index (κ3) is 6.12. The molecular formula is C20H36ClN3O2. The number of nitrogens with zero attached hydrogens (tertiary/aromatic N) is 1. The van der Waals surface area contributed by atoms with Crippen molar-refractivity contribution >= 4 is 24.2 Å². The molecule has 1 heterocycles. The molecule has 2 saturated carbocycles. The first-order valence-electron chi connectivity index (χ1n) is 10.5. The summed E-state index contributed by atoms with van der Waals surface area (Å²) in [6.07, 6.45) is 12.8. The third-order valence-electron chi connectivity index (χ3n) is 6.41. The van der Waals surface area contributed by atoms with E-state index in [1.807, 2.05) is 4.90 Å². The molecule has 1 atom stereocenters. The predicted octanol–water partition coefficient (Wildman–Crippen LogP) is 3.00. The zero-order chi connectivity index (χ0) is 17.6. The standard InChI is InChI=1S/C20H35N3O2.ClH/c21-17-7-4-12-23(14-17)20(25)16-8-10-18(11-9-16)22-19(24)13-15-5-2-1-3-6-15;/h15-18H,1-14,21H2,(H,22,24);1H. The SMILES string of the molecule is Cl.NC1CCCN(C(=O)C2CCC(NC(=O)CC3CCCCC3)CC2)C1. The van der Waals surface area contributed by atoms with E-state index < -0.39 is 0 Å². The highest BCUT2D eigenvalue weighted by atomic mass is 35.5. The summed E-state index contributed by atoms with van der Waals surface area (Å²) in [5.41, 5.74) is 6.00. The van der Waals surface area contributed by atoms with Crippen LogP contribution in [0.25, 0.3) is 0 Å². The van der Waals surface area contributed by atoms with Gasteiger partial charge in [0, 0.05) is 37.5 Å². The quantitative estimate of drug-likeness (QED) is 0.781. The van der Waals surface area contributed by atoms with Crippen LogP contribution in [0.1, 0.15) is 77.0 Å². The first-order valence-corrected chi connectivity index (χ1v) is 10.5. The number of carbonyl (C=O) groups is 2. The molecule has 3 fully saturated rings. The van der Waals surface area contributed by atoms with Gasteiger partial charge in [0.1, 0.15) is 0 Å². The summed E-state index contributed by atoms with van der Waals surface area (Å²) in [5, 5.41) is 3.23. The van der Waals surface area contributed by atoms with Crippen molar-refractivity contribution in [2.45, 2.75) is 89.1 Å². The highest BCUT2D eigenvalue weighted by molar-refractivity contribution is 5.85. The number of nitrogens with one attached hydrogen (secondary N) is 1. The van der Waals surface area contributed by atoms with Crippen LogP contribution in [-0.2, 0) is 9.59 Å². The largest absolute Gasteiger partial charge is 0.353 e. The van der Waals surface area contributed by atoms with Gasteiger partial charge < -0.3 is 16.0 Å². The third-order valence-corrected chi connectivity index (χ3v) is 6.41. The average molecular weight is 386 g/mol. The molecular weight excluding hydrogens is 350 g/mol. The molecule has 3 N–H and O–H groups in total. The van der Waals surface area contributed by atoms with Crippen molar-refractivity contribution in [2.75, 3.05) is 13.1 Å². The monoisotopic (exact) mass is 385 g/mol. The molecule has 0 radical (unpaired) electrons. The molecule has 1 aliphatic heterocycles. The average Bonchev–Trinajstić information content (AvgIpc) is 2.62. The van der Waals surface area contributed by atoms with Gasteiger partial charge in [-0.2, -0.15) is 0 Å². The number of hydrogen-bond donors (Lipinski definition) is 2. The fourth-order valence-corrected chi connectivity index (χ4v) is 4.89. The van der Waals surface area contributed by atoms with E-state index in [2.05, 4.69) is 5.32 Å². The molecule has 1 saturated heterocycles. The van der Waals surface area contributed by atoms with Crippen molar-refractivity contribution in [3.05, 3.63) is 0 Å². The highest BCUT2D eigenvalue weighted by Gasteiger charge is 2.32. The number of nitrogens with two attached hydrogens (primary N) is 1. The zero-order valence-corrected chi connectivity index (χ0v) is 16.8. The first-order chi connectivity index (χ1) is 12.1. The molecule has 0 bridgehead atoms.